The van der Waals surface area contributed by atoms with Gasteiger partial charge in [0.1, 0.15) is 0 Å². The van der Waals surface area contributed by atoms with Gasteiger partial charge in [0.15, 0.2) is 0 Å². The summed E-state index contributed by atoms with van der Waals surface area (Å²) in [5.41, 5.74) is 0.954. The molecule has 0 aromatic heterocycles. The number of rotatable bonds is 6. The van der Waals surface area contributed by atoms with Gasteiger partial charge in [-0.05, 0) is 25.3 Å². The Morgan fingerprint density at radius 1 is 1.32 bits per heavy atom. The Morgan fingerprint density at radius 2 is 2.05 bits per heavy atom. The monoisotopic (exact) mass is 322 g/mol. The van der Waals surface area contributed by atoms with Gasteiger partial charge in [-0.3, -0.25) is 0 Å². The minimum absolute atomic E-state index is 0.0880. The van der Waals surface area contributed by atoms with Crippen molar-refractivity contribution in [3.63, 3.8) is 0 Å². The third-order valence-corrected chi connectivity index (χ3v) is 5.73. The maximum absolute atomic E-state index is 12.7. The summed E-state index contributed by atoms with van der Waals surface area (Å²) in [6, 6.07) is 11.4. The summed E-state index contributed by atoms with van der Waals surface area (Å²) in [5, 5.41) is 8.54. The quantitative estimate of drug-likeness (QED) is 0.754. The Bertz CT molecular complexity index is 610. The van der Waals surface area contributed by atoms with Crippen molar-refractivity contribution in [2.75, 3.05) is 18.9 Å². The van der Waals surface area contributed by atoms with Crippen molar-refractivity contribution in [2.24, 2.45) is 0 Å². The first-order chi connectivity index (χ1) is 10.5. The molecule has 1 saturated heterocycles. The molecule has 0 aliphatic carbocycles. The van der Waals surface area contributed by atoms with E-state index in [4.69, 9.17) is 10.00 Å². The van der Waals surface area contributed by atoms with Crippen LogP contribution in [-0.4, -0.2) is 37.7 Å². The van der Waals surface area contributed by atoms with Crippen molar-refractivity contribution < 1.29 is 13.2 Å². The van der Waals surface area contributed by atoms with Crippen molar-refractivity contribution in [2.45, 2.75) is 38.3 Å². The van der Waals surface area contributed by atoms with E-state index in [9.17, 15) is 8.42 Å². The number of morpholine rings is 1. The van der Waals surface area contributed by atoms with E-state index in [0.717, 1.165) is 5.56 Å². The van der Waals surface area contributed by atoms with Crippen LogP contribution in [0.4, 0.5) is 0 Å². The Hall–Kier alpha value is -1.42. The maximum Gasteiger partial charge on any atom is 0.214 e. The highest BCUT2D eigenvalue weighted by Gasteiger charge is 2.35. The molecule has 0 bridgehead atoms. The first kappa shape index (κ1) is 16.9. The van der Waals surface area contributed by atoms with Crippen LogP contribution in [0.3, 0.4) is 0 Å². The molecule has 120 valence electrons. The Kier molecular flexibility index (Phi) is 5.95. The Morgan fingerprint density at radius 3 is 2.73 bits per heavy atom. The highest BCUT2D eigenvalue weighted by Crippen LogP contribution is 2.29. The van der Waals surface area contributed by atoms with Gasteiger partial charge in [-0.1, -0.05) is 30.3 Å². The van der Waals surface area contributed by atoms with E-state index in [1.807, 2.05) is 43.3 Å². The molecule has 0 radical (unpaired) electrons. The number of sulfonamides is 1. The zero-order chi connectivity index (χ0) is 16.0. The highest BCUT2D eigenvalue weighted by molar-refractivity contribution is 7.89. The van der Waals surface area contributed by atoms with Crippen LogP contribution in [0.2, 0.25) is 0 Å². The number of hydrogen-bond acceptors (Lipinski definition) is 4. The van der Waals surface area contributed by atoms with Crippen molar-refractivity contribution in [3.05, 3.63) is 35.9 Å². The van der Waals surface area contributed by atoms with E-state index in [1.54, 1.807) is 4.31 Å². The molecule has 1 fully saturated rings. The van der Waals surface area contributed by atoms with E-state index in [0.29, 0.717) is 32.4 Å². The first-order valence-electron chi connectivity index (χ1n) is 7.57. The molecule has 0 unspecified atom stereocenters. The predicted molar refractivity (Wildman–Crippen MR) is 84.6 cm³/mol. The minimum Gasteiger partial charge on any atom is -0.375 e. The Balaban J connectivity index is 2.14. The van der Waals surface area contributed by atoms with E-state index in [2.05, 4.69) is 0 Å². The number of unbranched alkanes of at least 4 members (excludes halogenated alkanes) is 2. The molecule has 0 saturated carbocycles. The van der Waals surface area contributed by atoms with Gasteiger partial charge in [-0.25, -0.2) is 8.42 Å². The summed E-state index contributed by atoms with van der Waals surface area (Å²) in [5.74, 6) is 0.0880. The molecule has 2 rings (SSSR count). The summed E-state index contributed by atoms with van der Waals surface area (Å²) in [6.07, 6.45) is 1.43. The smallest absolute Gasteiger partial charge is 0.214 e. The molecule has 0 N–H and O–H groups in total. The molecule has 6 heteroatoms. The van der Waals surface area contributed by atoms with Crippen molar-refractivity contribution >= 4 is 10.0 Å². The molecule has 1 aromatic carbocycles. The van der Waals surface area contributed by atoms with Gasteiger partial charge in [0.25, 0.3) is 0 Å². The van der Waals surface area contributed by atoms with E-state index in [-0.39, 0.29) is 17.9 Å². The van der Waals surface area contributed by atoms with Gasteiger partial charge in [0.2, 0.25) is 10.0 Å². The summed E-state index contributed by atoms with van der Waals surface area (Å²) in [7, 11) is -3.35. The lowest BCUT2D eigenvalue weighted by atomic mass is 10.1. The first-order valence-corrected chi connectivity index (χ1v) is 9.18. The standard InChI is InChI=1S/C16H22N2O3S/c1-14-12-18(22(19,20)11-7-3-6-10-17)16(13-21-14)15-8-4-2-5-9-15/h2,4-5,8-9,14,16H,3,6-7,11-13H2,1H3/t14-,16-/m1/s1. The normalized spacial score (nSPS) is 23.1. The fourth-order valence-corrected chi connectivity index (χ4v) is 4.43. The maximum atomic E-state index is 12.7. The molecular weight excluding hydrogens is 300 g/mol. The summed E-state index contributed by atoms with van der Waals surface area (Å²) in [6.45, 7) is 2.64. The van der Waals surface area contributed by atoms with Gasteiger partial charge < -0.3 is 4.74 Å². The third kappa shape index (κ3) is 4.29. The zero-order valence-electron chi connectivity index (χ0n) is 12.8. The summed E-state index contributed by atoms with van der Waals surface area (Å²) >= 11 is 0. The minimum atomic E-state index is -3.35. The molecule has 0 amide bonds. The van der Waals surface area contributed by atoms with Crippen LogP contribution in [-0.2, 0) is 14.8 Å². The van der Waals surface area contributed by atoms with Crippen molar-refractivity contribution in [1.29, 1.82) is 5.26 Å². The topological polar surface area (TPSA) is 70.4 Å². The lowest BCUT2D eigenvalue weighted by Crippen LogP contribution is -2.47. The fourth-order valence-electron chi connectivity index (χ4n) is 2.62. The average Bonchev–Trinajstić information content (AvgIpc) is 2.52. The van der Waals surface area contributed by atoms with E-state index >= 15 is 0 Å². The van der Waals surface area contributed by atoms with Crippen LogP contribution in [0.25, 0.3) is 0 Å². The lowest BCUT2D eigenvalue weighted by Gasteiger charge is -2.38. The van der Waals surface area contributed by atoms with Crippen molar-refractivity contribution in [1.82, 2.24) is 4.31 Å². The zero-order valence-corrected chi connectivity index (χ0v) is 13.6. The van der Waals surface area contributed by atoms with Gasteiger partial charge in [0, 0.05) is 13.0 Å². The van der Waals surface area contributed by atoms with Crippen LogP contribution in [0.1, 0.15) is 37.8 Å². The second-order valence-electron chi connectivity index (χ2n) is 5.57. The number of ether oxygens (including phenoxy) is 1. The fraction of sp³-hybridized carbons (Fsp3) is 0.562. The van der Waals surface area contributed by atoms with Gasteiger partial charge in [0.05, 0.1) is 30.6 Å². The molecular formula is C16H22N2O3S. The van der Waals surface area contributed by atoms with Gasteiger partial charge in [-0.2, -0.15) is 9.57 Å². The molecule has 1 aliphatic heterocycles. The van der Waals surface area contributed by atoms with Crippen LogP contribution in [0.15, 0.2) is 30.3 Å². The predicted octanol–water partition coefficient (Wildman–Crippen LogP) is 2.47. The molecule has 2 atom stereocenters. The molecule has 1 aliphatic rings. The molecule has 0 spiro atoms. The average molecular weight is 322 g/mol. The largest absolute Gasteiger partial charge is 0.375 e. The lowest BCUT2D eigenvalue weighted by molar-refractivity contribution is -0.0231. The molecule has 22 heavy (non-hydrogen) atoms. The van der Waals surface area contributed by atoms with Gasteiger partial charge >= 0.3 is 0 Å². The second-order valence-corrected chi connectivity index (χ2v) is 7.61. The molecule has 1 heterocycles. The van der Waals surface area contributed by atoms with E-state index in [1.165, 1.54) is 0 Å². The number of benzene rings is 1. The Labute approximate surface area is 132 Å². The van der Waals surface area contributed by atoms with Crippen LogP contribution >= 0.6 is 0 Å². The third-order valence-electron chi connectivity index (χ3n) is 3.81. The summed E-state index contributed by atoms with van der Waals surface area (Å²) < 4.78 is 32.6. The van der Waals surface area contributed by atoms with Crippen molar-refractivity contribution in [3.8, 4) is 6.07 Å². The van der Waals surface area contributed by atoms with Gasteiger partial charge in [-0.15, -0.1) is 0 Å². The molecule has 1 aromatic rings. The van der Waals surface area contributed by atoms with Crippen LogP contribution in [0.5, 0.6) is 0 Å². The number of nitriles is 1. The second kappa shape index (κ2) is 7.73. The van der Waals surface area contributed by atoms with Crippen LogP contribution in [0, 0.1) is 11.3 Å². The SMILES string of the molecule is C[C@@H]1CN(S(=O)(=O)CCCCC#N)[C@@H](c2ccccc2)CO1. The number of nitrogens with zero attached hydrogens (tertiary/aromatic N) is 2. The van der Waals surface area contributed by atoms with E-state index < -0.39 is 10.0 Å². The molecule has 5 nitrogen and oxygen atoms in total. The highest BCUT2D eigenvalue weighted by atomic mass is 32.2. The number of hydrogen-bond donors (Lipinski definition) is 0. The van der Waals surface area contributed by atoms with Crippen LogP contribution < -0.4 is 0 Å². The summed E-state index contributed by atoms with van der Waals surface area (Å²) in [4.78, 5) is 0.